The molecular formula is C24H31N5O2S. The molecule has 0 aliphatic carbocycles. The van der Waals surface area contributed by atoms with E-state index in [0.717, 1.165) is 22.4 Å². The molecule has 7 nitrogen and oxygen atoms in total. The normalized spacial score (nSPS) is 11.1. The van der Waals surface area contributed by atoms with Gasteiger partial charge in [-0.15, -0.1) is 10.2 Å². The molecule has 0 atom stereocenters. The number of aromatic nitrogens is 3. The van der Waals surface area contributed by atoms with Crippen LogP contribution >= 0.6 is 11.8 Å². The van der Waals surface area contributed by atoms with E-state index in [0.29, 0.717) is 23.4 Å². The van der Waals surface area contributed by atoms with Crippen LogP contribution < -0.4 is 10.6 Å². The Morgan fingerprint density at radius 3 is 2.66 bits per heavy atom. The molecule has 0 aliphatic rings. The molecule has 3 aromatic rings. The summed E-state index contributed by atoms with van der Waals surface area (Å²) < 4.78 is 7.41. The molecule has 170 valence electrons. The molecule has 2 N–H and O–H groups in total. The molecule has 2 aromatic carbocycles. The number of carbonyl (C=O) groups is 1. The van der Waals surface area contributed by atoms with Gasteiger partial charge >= 0.3 is 0 Å². The molecule has 0 fully saturated rings. The van der Waals surface area contributed by atoms with E-state index in [1.165, 1.54) is 22.0 Å². The first-order valence-electron chi connectivity index (χ1n) is 10.6. The van der Waals surface area contributed by atoms with Crippen molar-refractivity contribution in [3.63, 3.8) is 0 Å². The lowest BCUT2D eigenvalue weighted by Gasteiger charge is -2.18. The summed E-state index contributed by atoms with van der Waals surface area (Å²) in [6.07, 6.45) is 0. The number of nitrogens with two attached hydrogens (primary N) is 1. The standard InChI is InChI=1S/C24H31N5O2S/c1-16(2)20-11-10-17(3)12-21(20)31-14-22-26-27-24(29(22)25)32-15-23(30)28(5)13-19-9-7-6-8-18(19)4/h6-12,16H,13-15,25H2,1-5H3. The number of nitrogen functional groups attached to an aromatic ring is 1. The summed E-state index contributed by atoms with van der Waals surface area (Å²) in [4.78, 5) is 14.3. The number of amides is 1. The van der Waals surface area contributed by atoms with Crippen LogP contribution in [0.15, 0.2) is 47.6 Å². The first kappa shape index (κ1) is 23.7. The van der Waals surface area contributed by atoms with Crippen molar-refractivity contribution >= 4 is 17.7 Å². The molecule has 1 amide bonds. The zero-order valence-corrected chi connectivity index (χ0v) is 20.1. The Balaban J connectivity index is 1.58. The maximum Gasteiger partial charge on any atom is 0.233 e. The van der Waals surface area contributed by atoms with Crippen molar-refractivity contribution < 1.29 is 9.53 Å². The number of aryl methyl sites for hydroxylation is 2. The van der Waals surface area contributed by atoms with Crippen LogP contribution in [0.2, 0.25) is 0 Å². The maximum absolute atomic E-state index is 12.6. The third-order valence-corrected chi connectivity index (χ3v) is 6.23. The number of ether oxygens (including phenoxy) is 1. The second-order valence-electron chi connectivity index (χ2n) is 8.22. The van der Waals surface area contributed by atoms with Gasteiger partial charge in [-0.3, -0.25) is 4.79 Å². The van der Waals surface area contributed by atoms with Crippen LogP contribution in [-0.4, -0.2) is 38.5 Å². The average Bonchev–Trinajstić information content (AvgIpc) is 3.11. The molecule has 0 saturated heterocycles. The Kier molecular flexibility index (Phi) is 7.80. The van der Waals surface area contributed by atoms with Crippen LogP contribution in [0.1, 0.15) is 47.8 Å². The third-order valence-electron chi connectivity index (χ3n) is 5.30. The summed E-state index contributed by atoms with van der Waals surface area (Å²) in [5.41, 5.74) is 4.56. The summed E-state index contributed by atoms with van der Waals surface area (Å²) in [7, 11) is 1.80. The monoisotopic (exact) mass is 453 g/mol. The predicted octanol–water partition coefficient (Wildman–Crippen LogP) is 4.06. The minimum atomic E-state index is 0.000360. The second-order valence-corrected chi connectivity index (χ2v) is 9.16. The highest BCUT2D eigenvalue weighted by atomic mass is 32.2. The topological polar surface area (TPSA) is 86.3 Å². The fourth-order valence-corrected chi connectivity index (χ4v) is 4.07. The van der Waals surface area contributed by atoms with E-state index < -0.39 is 0 Å². The fraction of sp³-hybridized carbons (Fsp3) is 0.375. The van der Waals surface area contributed by atoms with Gasteiger partial charge in [0, 0.05) is 13.6 Å². The molecule has 0 bridgehead atoms. The van der Waals surface area contributed by atoms with Crippen LogP contribution in [-0.2, 0) is 17.9 Å². The largest absolute Gasteiger partial charge is 0.485 e. The number of rotatable bonds is 9. The average molecular weight is 454 g/mol. The third kappa shape index (κ3) is 5.82. The van der Waals surface area contributed by atoms with E-state index in [2.05, 4.69) is 36.2 Å². The summed E-state index contributed by atoms with van der Waals surface area (Å²) in [6.45, 7) is 9.10. The van der Waals surface area contributed by atoms with Gasteiger partial charge in [0.05, 0.1) is 5.75 Å². The quantitative estimate of drug-likeness (QED) is 0.388. The SMILES string of the molecule is Cc1ccc(C(C)C)c(OCc2nnc(SCC(=O)N(C)Cc3ccccc3C)n2N)c1. The van der Waals surface area contributed by atoms with Gasteiger partial charge < -0.3 is 15.5 Å². The van der Waals surface area contributed by atoms with E-state index in [-0.39, 0.29) is 18.3 Å². The Bertz CT molecular complexity index is 1080. The Labute approximate surface area is 193 Å². The minimum absolute atomic E-state index is 0.000360. The number of hydrogen-bond donors (Lipinski definition) is 1. The van der Waals surface area contributed by atoms with E-state index >= 15 is 0 Å². The van der Waals surface area contributed by atoms with Gasteiger partial charge in [-0.2, -0.15) is 0 Å². The van der Waals surface area contributed by atoms with Crippen molar-refractivity contribution in [3.8, 4) is 5.75 Å². The van der Waals surface area contributed by atoms with Gasteiger partial charge in [-0.25, -0.2) is 4.68 Å². The van der Waals surface area contributed by atoms with E-state index in [4.69, 9.17) is 10.6 Å². The highest BCUT2D eigenvalue weighted by Crippen LogP contribution is 2.28. The lowest BCUT2D eigenvalue weighted by molar-refractivity contribution is -0.127. The zero-order chi connectivity index (χ0) is 23.3. The van der Waals surface area contributed by atoms with Gasteiger partial charge in [-0.05, 0) is 48.1 Å². The van der Waals surface area contributed by atoms with Crippen LogP contribution in [0.4, 0.5) is 0 Å². The van der Waals surface area contributed by atoms with Crippen LogP contribution in [0.3, 0.4) is 0 Å². The zero-order valence-electron chi connectivity index (χ0n) is 19.3. The van der Waals surface area contributed by atoms with Crippen molar-refractivity contribution in [2.45, 2.75) is 51.9 Å². The summed E-state index contributed by atoms with van der Waals surface area (Å²) in [5.74, 6) is 8.07. The number of hydrogen-bond acceptors (Lipinski definition) is 6. The number of benzene rings is 2. The van der Waals surface area contributed by atoms with Crippen molar-refractivity contribution in [3.05, 3.63) is 70.5 Å². The highest BCUT2D eigenvalue weighted by Gasteiger charge is 2.16. The minimum Gasteiger partial charge on any atom is -0.485 e. The molecular weight excluding hydrogens is 422 g/mol. The maximum atomic E-state index is 12.6. The van der Waals surface area contributed by atoms with Crippen molar-refractivity contribution in [1.82, 2.24) is 19.8 Å². The molecule has 32 heavy (non-hydrogen) atoms. The second kappa shape index (κ2) is 10.5. The summed E-state index contributed by atoms with van der Waals surface area (Å²) in [5, 5.41) is 8.76. The number of thioether (sulfide) groups is 1. The van der Waals surface area contributed by atoms with Crippen LogP contribution in [0, 0.1) is 13.8 Å². The number of nitrogens with zero attached hydrogens (tertiary/aromatic N) is 4. The van der Waals surface area contributed by atoms with Gasteiger partial charge in [-0.1, -0.05) is 62.0 Å². The fourth-order valence-electron chi connectivity index (χ4n) is 3.26. The smallest absolute Gasteiger partial charge is 0.233 e. The van der Waals surface area contributed by atoms with E-state index in [1.807, 2.05) is 44.2 Å². The van der Waals surface area contributed by atoms with Crippen molar-refractivity contribution in [2.24, 2.45) is 0 Å². The van der Waals surface area contributed by atoms with Gasteiger partial charge in [0.1, 0.15) is 12.4 Å². The van der Waals surface area contributed by atoms with Gasteiger partial charge in [0.15, 0.2) is 5.82 Å². The Morgan fingerprint density at radius 1 is 1.19 bits per heavy atom. The highest BCUT2D eigenvalue weighted by molar-refractivity contribution is 7.99. The lowest BCUT2D eigenvalue weighted by Crippen LogP contribution is -2.28. The van der Waals surface area contributed by atoms with Crippen LogP contribution in [0.25, 0.3) is 0 Å². The molecule has 8 heteroatoms. The van der Waals surface area contributed by atoms with Gasteiger partial charge in [0.25, 0.3) is 0 Å². The molecule has 3 rings (SSSR count). The van der Waals surface area contributed by atoms with Crippen molar-refractivity contribution in [2.75, 3.05) is 18.6 Å². The lowest BCUT2D eigenvalue weighted by atomic mass is 10.0. The predicted molar refractivity (Wildman–Crippen MR) is 128 cm³/mol. The number of carbonyl (C=O) groups excluding carboxylic acids is 1. The molecule has 0 spiro atoms. The van der Waals surface area contributed by atoms with E-state index in [9.17, 15) is 4.79 Å². The van der Waals surface area contributed by atoms with Crippen LogP contribution in [0.5, 0.6) is 5.75 Å². The molecule has 0 aliphatic heterocycles. The summed E-state index contributed by atoms with van der Waals surface area (Å²) in [6, 6.07) is 14.2. The van der Waals surface area contributed by atoms with Gasteiger partial charge in [0.2, 0.25) is 11.1 Å². The molecule has 0 unspecified atom stereocenters. The first-order valence-corrected chi connectivity index (χ1v) is 11.6. The Hall–Kier alpha value is -3.00. The summed E-state index contributed by atoms with van der Waals surface area (Å²) >= 11 is 1.27. The molecule has 0 radical (unpaired) electrons. The van der Waals surface area contributed by atoms with Crippen molar-refractivity contribution in [1.29, 1.82) is 0 Å². The molecule has 1 aromatic heterocycles. The van der Waals surface area contributed by atoms with E-state index in [1.54, 1.807) is 11.9 Å². The molecule has 0 saturated carbocycles. The molecule has 1 heterocycles. The Morgan fingerprint density at radius 2 is 1.94 bits per heavy atom. The first-order chi connectivity index (χ1) is 15.3.